The predicted molar refractivity (Wildman–Crippen MR) is 102 cm³/mol. The zero-order chi connectivity index (χ0) is 20.0. The SMILES string of the molecule is [C-]#[N+]C(Cc1ccc(OC)cc1)(C(=C)[NH+]=C)[C@H]1C[C@@H](O)CC[C@@H]1OC(C)=O. The normalized spacial score (nSPS) is 24.1. The molecule has 1 aliphatic carbocycles. The summed E-state index contributed by atoms with van der Waals surface area (Å²) in [5.41, 5.74) is 0.270. The monoisotopic (exact) mass is 371 g/mol. The quantitative estimate of drug-likeness (QED) is 0.430. The topological polar surface area (TPSA) is 74.1 Å². The van der Waals surface area contributed by atoms with E-state index >= 15 is 0 Å². The first kappa shape index (κ1) is 20.7. The standard InChI is InChI=1S/C21H26N2O4/c1-14(22-3)21(23-4,13-16-6-9-18(26-5)10-7-16)19-12-17(25)8-11-20(19)27-15(2)24/h6-7,9-10,17,19-20,25H,1,3,8,11-13H2,2,5H3/p+1/t17-,19-,20-,21?/m0/s1. The molecule has 0 amide bonds. The highest BCUT2D eigenvalue weighted by Crippen LogP contribution is 2.42. The van der Waals surface area contributed by atoms with Crippen LogP contribution in [0.4, 0.5) is 0 Å². The number of carbonyl (C=O) groups is 1. The Bertz CT molecular complexity index is 738. The van der Waals surface area contributed by atoms with Crippen LogP contribution in [0.3, 0.4) is 0 Å². The number of aliphatic hydroxyl groups excluding tert-OH is 1. The lowest BCUT2D eigenvalue weighted by atomic mass is 9.68. The van der Waals surface area contributed by atoms with E-state index in [9.17, 15) is 9.90 Å². The highest BCUT2D eigenvalue weighted by atomic mass is 16.5. The molecule has 6 nitrogen and oxygen atoms in total. The number of hydrogen-bond donors (Lipinski definition) is 2. The van der Waals surface area contributed by atoms with Crippen LogP contribution in [-0.4, -0.2) is 42.7 Å². The number of ether oxygens (including phenoxy) is 2. The average Bonchev–Trinajstić information content (AvgIpc) is 2.67. The van der Waals surface area contributed by atoms with E-state index in [4.69, 9.17) is 16.0 Å². The third-order valence-corrected chi connectivity index (χ3v) is 5.26. The molecular formula is C21H27N2O4+. The first-order chi connectivity index (χ1) is 12.9. The van der Waals surface area contributed by atoms with Crippen molar-refractivity contribution in [2.24, 2.45) is 5.92 Å². The lowest BCUT2D eigenvalue weighted by Crippen LogP contribution is -2.71. The second kappa shape index (κ2) is 8.83. The predicted octanol–water partition coefficient (Wildman–Crippen LogP) is 1.28. The van der Waals surface area contributed by atoms with Crippen molar-refractivity contribution in [2.75, 3.05) is 7.11 Å². The largest absolute Gasteiger partial charge is 0.497 e. The smallest absolute Gasteiger partial charge is 0.323 e. The molecule has 2 N–H and O–H groups in total. The highest BCUT2D eigenvalue weighted by Gasteiger charge is 2.57. The van der Waals surface area contributed by atoms with Gasteiger partial charge < -0.3 is 14.6 Å². The summed E-state index contributed by atoms with van der Waals surface area (Å²) in [5, 5.41) is 10.3. The third kappa shape index (κ3) is 4.55. The van der Waals surface area contributed by atoms with Crippen LogP contribution >= 0.6 is 0 Å². The molecule has 0 spiro atoms. The van der Waals surface area contributed by atoms with Crippen LogP contribution in [0.2, 0.25) is 0 Å². The van der Waals surface area contributed by atoms with Gasteiger partial charge in [0, 0.05) is 6.92 Å². The van der Waals surface area contributed by atoms with Gasteiger partial charge in [0.2, 0.25) is 0 Å². The van der Waals surface area contributed by atoms with E-state index in [1.165, 1.54) is 6.92 Å². The van der Waals surface area contributed by atoms with E-state index < -0.39 is 29.6 Å². The summed E-state index contributed by atoms with van der Waals surface area (Å²) in [7, 11) is 1.60. The van der Waals surface area contributed by atoms with Gasteiger partial charge in [0.05, 0.1) is 25.6 Å². The number of benzene rings is 1. The Morgan fingerprint density at radius 1 is 1.41 bits per heavy atom. The summed E-state index contributed by atoms with van der Waals surface area (Å²) < 4.78 is 10.7. The Hall–Kier alpha value is -2.65. The number of aliphatic hydroxyl groups is 1. The second-order valence-corrected chi connectivity index (χ2v) is 6.94. The minimum Gasteiger partial charge on any atom is -0.497 e. The molecule has 1 aromatic rings. The lowest BCUT2D eigenvalue weighted by Gasteiger charge is -2.38. The molecule has 144 valence electrons. The summed E-state index contributed by atoms with van der Waals surface area (Å²) in [6, 6.07) is 7.47. The van der Waals surface area contributed by atoms with Gasteiger partial charge in [-0.25, -0.2) is 11.6 Å². The zero-order valence-electron chi connectivity index (χ0n) is 15.9. The fraction of sp³-hybridized carbons (Fsp3) is 0.476. The Balaban J connectivity index is 2.46. The number of esters is 1. The summed E-state index contributed by atoms with van der Waals surface area (Å²) in [6.45, 7) is 17.1. The number of nitrogens with zero attached hydrogens (tertiary/aromatic N) is 1. The summed E-state index contributed by atoms with van der Waals surface area (Å²) in [5.74, 6) is -0.0587. The van der Waals surface area contributed by atoms with Crippen molar-refractivity contribution in [1.82, 2.24) is 0 Å². The van der Waals surface area contributed by atoms with Crippen molar-refractivity contribution in [3.8, 4) is 5.75 Å². The third-order valence-electron chi connectivity index (χ3n) is 5.26. The Labute approximate surface area is 160 Å². The van der Waals surface area contributed by atoms with Gasteiger partial charge in [0.1, 0.15) is 18.6 Å². The van der Waals surface area contributed by atoms with E-state index in [1.54, 1.807) is 7.11 Å². The van der Waals surface area contributed by atoms with Gasteiger partial charge in [-0.2, -0.15) is 0 Å². The summed E-state index contributed by atoms with van der Waals surface area (Å²) >= 11 is 0. The van der Waals surface area contributed by atoms with Crippen molar-refractivity contribution in [2.45, 2.75) is 50.4 Å². The first-order valence-electron chi connectivity index (χ1n) is 8.95. The summed E-state index contributed by atoms with van der Waals surface area (Å²) in [4.78, 5) is 18.3. The maximum atomic E-state index is 11.6. The van der Waals surface area contributed by atoms with Gasteiger partial charge in [-0.3, -0.25) is 9.64 Å². The van der Waals surface area contributed by atoms with Crippen molar-refractivity contribution >= 4 is 12.7 Å². The first-order valence-corrected chi connectivity index (χ1v) is 8.95. The molecule has 27 heavy (non-hydrogen) atoms. The molecule has 1 saturated carbocycles. The number of methoxy groups -OCH3 is 1. The van der Waals surface area contributed by atoms with E-state index in [0.29, 0.717) is 31.4 Å². The zero-order valence-corrected chi connectivity index (χ0v) is 15.9. The van der Waals surface area contributed by atoms with Crippen molar-refractivity contribution in [1.29, 1.82) is 0 Å². The van der Waals surface area contributed by atoms with Crippen LogP contribution in [0.15, 0.2) is 36.5 Å². The van der Waals surface area contributed by atoms with Gasteiger partial charge in [-0.1, -0.05) is 12.1 Å². The molecule has 0 aromatic heterocycles. The molecule has 0 radical (unpaired) electrons. The van der Waals surface area contributed by atoms with E-state index in [2.05, 4.69) is 23.1 Å². The van der Waals surface area contributed by atoms with Crippen LogP contribution in [0.1, 0.15) is 31.7 Å². The Morgan fingerprint density at radius 3 is 2.59 bits per heavy atom. The molecule has 0 bridgehead atoms. The fourth-order valence-corrected chi connectivity index (χ4v) is 3.84. The molecule has 1 unspecified atom stereocenters. The van der Waals surface area contributed by atoms with Gasteiger partial charge in [0.25, 0.3) is 5.70 Å². The van der Waals surface area contributed by atoms with E-state index in [-0.39, 0.29) is 0 Å². The van der Waals surface area contributed by atoms with Gasteiger partial charge >= 0.3 is 11.5 Å². The maximum absolute atomic E-state index is 11.6. The number of nitrogens with one attached hydrogen (secondary N) is 1. The molecule has 6 heteroatoms. The molecular weight excluding hydrogens is 344 g/mol. The average molecular weight is 371 g/mol. The maximum Gasteiger partial charge on any atom is 0.323 e. The molecule has 2 rings (SSSR count). The molecule has 0 aliphatic heterocycles. The van der Waals surface area contributed by atoms with Gasteiger partial charge in [-0.05, 0) is 43.5 Å². The number of carbonyl (C=O) groups excluding carboxylic acids is 1. The summed E-state index contributed by atoms with van der Waals surface area (Å²) in [6.07, 6.45) is 0.763. The minimum atomic E-state index is -1.10. The van der Waals surface area contributed by atoms with Crippen molar-refractivity contribution in [3.63, 3.8) is 0 Å². The van der Waals surface area contributed by atoms with Crippen LogP contribution in [-0.2, 0) is 16.0 Å². The van der Waals surface area contributed by atoms with Crippen LogP contribution in [0, 0.1) is 12.5 Å². The Morgan fingerprint density at radius 2 is 2.07 bits per heavy atom. The van der Waals surface area contributed by atoms with E-state index in [0.717, 1.165) is 11.3 Å². The number of rotatable bonds is 7. The van der Waals surface area contributed by atoms with Gasteiger partial charge in [-0.15, -0.1) is 0 Å². The molecule has 1 fully saturated rings. The number of hydrogen-bond acceptors (Lipinski definition) is 4. The lowest BCUT2D eigenvalue weighted by molar-refractivity contribution is -0.398. The minimum absolute atomic E-state index is 0.358. The van der Waals surface area contributed by atoms with Crippen molar-refractivity contribution < 1.29 is 24.4 Å². The highest BCUT2D eigenvalue weighted by molar-refractivity contribution is 5.66. The molecule has 4 atom stereocenters. The fourth-order valence-electron chi connectivity index (χ4n) is 3.84. The van der Waals surface area contributed by atoms with E-state index in [1.807, 2.05) is 24.3 Å². The molecule has 1 aromatic carbocycles. The van der Waals surface area contributed by atoms with Gasteiger partial charge in [0.15, 0.2) is 0 Å². The van der Waals surface area contributed by atoms with Crippen LogP contribution < -0.4 is 9.73 Å². The van der Waals surface area contributed by atoms with Crippen molar-refractivity contribution in [3.05, 3.63) is 53.5 Å². The second-order valence-electron chi connectivity index (χ2n) is 6.94. The van der Waals surface area contributed by atoms with Crippen LogP contribution in [0.5, 0.6) is 5.75 Å². The Kier molecular flexibility index (Phi) is 6.75. The molecule has 0 saturated heterocycles. The molecule has 1 aliphatic rings. The molecule has 0 heterocycles. The van der Waals surface area contributed by atoms with Crippen LogP contribution in [0.25, 0.3) is 4.85 Å².